The first-order valence-corrected chi connectivity index (χ1v) is 8.63. The van der Waals surface area contributed by atoms with Gasteiger partial charge >= 0.3 is 0 Å². The summed E-state index contributed by atoms with van der Waals surface area (Å²) in [5, 5.41) is 10.9. The highest BCUT2D eigenvalue weighted by Crippen LogP contribution is 2.20. The van der Waals surface area contributed by atoms with Gasteiger partial charge in [-0.05, 0) is 25.1 Å². The van der Waals surface area contributed by atoms with E-state index in [0.29, 0.717) is 11.1 Å². The normalized spacial score (nSPS) is 11.8. The first-order chi connectivity index (χ1) is 11.2. The van der Waals surface area contributed by atoms with E-state index in [0.717, 1.165) is 6.20 Å². The summed E-state index contributed by atoms with van der Waals surface area (Å²) in [6.45, 7) is 7.52. The number of aromatic amines is 1. The van der Waals surface area contributed by atoms with Gasteiger partial charge < -0.3 is 14.9 Å². The highest BCUT2D eigenvalue weighted by molar-refractivity contribution is 7.89. The number of rotatable bonds is 6. The average molecular weight is 349 g/mol. The van der Waals surface area contributed by atoms with E-state index in [2.05, 4.69) is 11.6 Å². The van der Waals surface area contributed by atoms with Gasteiger partial charge in [-0.15, -0.1) is 0 Å². The zero-order valence-electron chi connectivity index (χ0n) is 13.3. The fraction of sp³-hybridized carbons (Fsp3) is 0.250. The number of sulfonamides is 1. The number of carboxylic acids is 1. The monoisotopic (exact) mass is 349 g/mol. The number of nitrogens with one attached hydrogen (secondary N) is 1. The Balaban J connectivity index is 2.65. The number of carboxylic acid groups (broad SMARTS) is 1. The molecule has 0 saturated heterocycles. The lowest BCUT2D eigenvalue weighted by molar-refractivity contribution is -0.255. The van der Waals surface area contributed by atoms with Crippen LogP contribution in [0, 0.1) is 0 Å². The van der Waals surface area contributed by atoms with Crippen molar-refractivity contribution in [3.63, 3.8) is 0 Å². The van der Waals surface area contributed by atoms with Crippen molar-refractivity contribution in [1.82, 2.24) is 9.29 Å². The molecule has 0 bridgehead atoms. The molecule has 0 aliphatic carbocycles. The second kappa shape index (κ2) is 6.58. The van der Waals surface area contributed by atoms with Gasteiger partial charge in [-0.1, -0.05) is 19.1 Å². The predicted octanol–water partition coefficient (Wildman–Crippen LogP) is 0.478. The van der Waals surface area contributed by atoms with Crippen LogP contribution >= 0.6 is 0 Å². The quantitative estimate of drug-likeness (QED) is 0.763. The maximum absolute atomic E-state index is 12.7. The van der Waals surface area contributed by atoms with Crippen LogP contribution < -0.4 is 10.5 Å². The molecule has 0 aliphatic rings. The molecule has 0 saturated carbocycles. The number of pyridine rings is 1. The van der Waals surface area contributed by atoms with Crippen molar-refractivity contribution in [3.05, 3.63) is 52.3 Å². The van der Waals surface area contributed by atoms with E-state index in [1.54, 1.807) is 13.8 Å². The molecule has 24 heavy (non-hydrogen) atoms. The smallest absolute Gasteiger partial charge is 0.243 e. The molecule has 1 aromatic carbocycles. The van der Waals surface area contributed by atoms with Crippen molar-refractivity contribution in [2.75, 3.05) is 13.1 Å². The van der Waals surface area contributed by atoms with E-state index in [-0.39, 0.29) is 23.4 Å². The van der Waals surface area contributed by atoms with Crippen LogP contribution in [-0.2, 0) is 10.0 Å². The van der Waals surface area contributed by atoms with Crippen LogP contribution in [0.4, 0.5) is 0 Å². The van der Waals surface area contributed by atoms with Crippen molar-refractivity contribution in [1.29, 1.82) is 0 Å². The van der Waals surface area contributed by atoms with Crippen LogP contribution in [-0.4, -0.2) is 36.8 Å². The number of carbonyl (C=O) groups is 1. The van der Waals surface area contributed by atoms with E-state index in [1.807, 2.05) is 0 Å². The highest BCUT2D eigenvalue weighted by Gasteiger charge is 2.23. The van der Waals surface area contributed by atoms with Crippen LogP contribution in [0.5, 0.6) is 0 Å². The Morgan fingerprint density at radius 3 is 2.58 bits per heavy atom. The number of benzene rings is 1. The third kappa shape index (κ3) is 3.24. The van der Waals surface area contributed by atoms with Gasteiger partial charge in [-0.25, -0.2) is 8.42 Å². The number of H-pyrrole nitrogens is 1. The molecule has 2 aromatic rings. The Hall–Kier alpha value is -2.45. The zero-order chi connectivity index (χ0) is 18.1. The molecule has 1 heterocycles. The van der Waals surface area contributed by atoms with Gasteiger partial charge in [-0.3, -0.25) is 4.79 Å². The van der Waals surface area contributed by atoms with Crippen LogP contribution in [0.1, 0.15) is 24.2 Å². The van der Waals surface area contributed by atoms with Crippen molar-refractivity contribution < 1.29 is 18.3 Å². The molecule has 1 N–H and O–H groups in total. The third-order valence-corrected chi connectivity index (χ3v) is 5.43. The second-order valence-corrected chi connectivity index (χ2v) is 7.35. The molecule has 128 valence electrons. The molecule has 0 amide bonds. The molecule has 0 fully saturated rings. The number of hydrogen-bond acceptors (Lipinski definition) is 5. The molecule has 0 radical (unpaired) electrons. The fourth-order valence-electron chi connectivity index (χ4n) is 2.33. The van der Waals surface area contributed by atoms with Gasteiger partial charge in [-0.2, -0.15) is 4.31 Å². The summed E-state index contributed by atoms with van der Waals surface area (Å²) in [4.78, 5) is 25.7. The molecular formula is C16H17N2O5S-. The molecule has 0 spiro atoms. The number of aromatic carboxylic acids is 1. The van der Waals surface area contributed by atoms with Crippen molar-refractivity contribution in [2.45, 2.75) is 18.7 Å². The minimum Gasteiger partial charge on any atom is -0.545 e. The van der Waals surface area contributed by atoms with Gasteiger partial charge in [0.1, 0.15) is 0 Å². The Labute approximate surface area is 139 Å². The van der Waals surface area contributed by atoms with Gasteiger partial charge in [0, 0.05) is 30.2 Å². The summed E-state index contributed by atoms with van der Waals surface area (Å²) in [5.41, 5.74) is -0.319. The van der Waals surface area contributed by atoms with E-state index >= 15 is 0 Å². The largest absolute Gasteiger partial charge is 0.545 e. The first kappa shape index (κ1) is 17.9. The minimum atomic E-state index is -3.83. The summed E-state index contributed by atoms with van der Waals surface area (Å²) in [7, 11) is -3.83. The molecule has 7 nitrogen and oxygen atoms in total. The third-order valence-electron chi connectivity index (χ3n) is 3.51. The summed E-state index contributed by atoms with van der Waals surface area (Å²) in [6, 6.07) is 3.97. The molecular weight excluding hydrogens is 332 g/mol. The van der Waals surface area contributed by atoms with Crippen LogP contribution in [0.3, 0.4) is 0 Å². The summed E-state index contributed by atoms with van der Waals surface area (Å²) in [5.74, 6) is -1.62. The van der Waals surface area contributed by atoms with Gasteiger partial charge in [0.25, 0.3) is 0 Å². The Bertz CT molecular complexity index is 976. The van der Waals surface area contributed by atoms with Crippen molar-refractivity contribution in [3.8, 4) is 0 Å². The minimum absolute atomic E-state index is 0.0239. The first-order valence-electron chi connectivity index (χ1n) is 7.19. The zero-order valence-corrected chi connectivity index (χ0v) is 14.1. The van der Waals surface area contributed by atoms with Crippen LogP contribution in [0.2, 0.25) is 0 Å². The fourth-order valence-corrected chi connectivity index (χ4v) is 3.86. The van der Waals surface area contributed by atoms with E-state index in [4.69, 9.17) is 0 Å². The molecule has 0 aliphatic heterocycles. The molecule has 0 unspecified atom stereocenters. The number of fused-ring (bicyclic) bond motifs is 1. The van der Waals surface area contributed by atoms with Crippen molar-refractivity contribution in [2.24, 2.45) is 0 Å². The number of carbonyl (C=O) groups excluding carboxylic acids is 1. The number of hydrogen-bond donors (Lipinski definition) is 1. The number of nitrogens with zero attached hydrogens (tertiary/aromatic N) is 1. The Morgan fingerprint density at radius 1 is 1.38 bits per heavy atom. The lowest BCUT2D eigenvalue weighted by Gasteiger charge is -2.20. The maximum atomic E-state index is 12.7. The molecule has 8 heteroatoms. The van der Waals surface area contributed by atoms with Crippen molar-refractivity contribution >= 4 is 26.9 Å². The van der Waals surface area contributed by atoms with Crippen LogP contribution in [0.25, 0.3) is 10.9 Å². The predicted molar refractivity (Wildman–Crippen MR) is 88.1 cm³/mol. The number of aromatic nitrogens is 1. The maximum Gasteiger partial charge on any atom is 0.243 e. The SMILES string of the molecule is C=C(C)CN(CC)S(=O)(=O)c1ccc2[nH]cc(C(=O)[O-])c(=O)c2c1. The van der Waals surface area contributed by atoms with E-state index < -0.39 is 27.0 Å². The van der Waals surface area contributed by atoms with E-state index in [9.17, 15) is 23.1 Å². The summed E-state index contributed by atoms with van der Waals surface area (Å²) >= 11 is 0. The molecule has 0 atom stereocenters. The van der Waals surface area contributed by atoms with E-state index in [1.165, 1.54) is 22.5 Å². The van der Waals surface area contributed by atoms with Gasteiger partial charge in [0.2, 0.25) is 10.0 Å². The van der Waals surface area contributed by atoms with Crippen LogP contribution in [0.15, 0.2) is 46.2 Å². The highest BCUT2D eigenvalue weighted by atomic mass is 32.2. The standard InChI is InChI=1S/C16H18N2O5S/c1-4-18(9-10(2)3)24(22,23)11-5-6-14-12(7-11)15(19)13(8-17-14)16(20)21/h5-8H,2,4,9H2,1,3H3,(H,17,19)(H,20,21)/p-1. The topological polar surface area (TPSA) is 110 Å². The number of likely N-dealkylation sites (N-methyl/N-ethyl adjacent to an activating group) is 1. The lowest BCUT2D eigenvalue weighted by Crippen LogP contribution is -2.32. The van der Waals surface area contributed by atoms with Gasteiger partial charge in [0.15, 0.2) is 5.43 Å². The second-order valence-electron chi connectivity index (χ2n) is 5.41. The summed E-state index contributed by atoms with van der Waals surface area (Å²) in [6.07, 6.45) is 1.04. The Kier molecular flexibility index (Phi) is 4.91. The average Bonchev–Trinajstić information content (AvgIpc) is 2.52. The molecule has 1 aromatic heterocycles. The lowest BCUT2D eigenvalue weighted by atomic mass is 10.1. The Morgan fingerprint density at radius 2 is 2.04 bits per heavy atom. The molecule has 2 rings (SSSR count). The summed E-state index contributed by atoms with van der Waals surface area (Å²) < 4.78 is 26.7. The van der Waals surface area contributed by atoms with Gasteiger partial charge in [0.05, 0.1) is 16.4 Å².